The Morgan fingerprint density at radius 2 is 2.29 bits per heavy atom. The van der Waals surface area contributed by atoms with E-state index in [2.05, 4.69) is 12.2 Å². The molecule has 3 heteroatoms. The van der Waals surface area contributed by atoms with Crippen LogP contribution < -0.4 is 5.32 Å². The van der Waals surface area contributed by atoms with E-state index in [0.29, 0.717) is 0 Å². The van der Waals surface area contributed by atoms with Crippen molar-refractivity contribution in [3.8, 4) is 0 Å². The lowest BCUT2D eigenvalue weighted by Crippen LogP contribution is -2.23. The highest BCUT2D eigenvalue weighted by Crippen LogP contribution is 1.99. The molecule has 0 aliphatic rings. The van der Waals surface area contributed by atoms with Crippen LogP contribution >= 0.6 is 0 Å². The molecule has 0 atom stereocenters. The smallest absolute Gasteiger partial charge is 0.252 e. The topological polar surface area (TPSA) is 34.0 Å². The summed E-state index contributed by atoms with van der Waals surface area (Å²) in [5, 5.41) is 2.89. The number of hydrogen-bond donors (Lipinski definition) is 1. The minimum Gasteiger partial charge on any atom is -0.356 e. The maximum atomic E-state index is 11.5. The second-order valence-corrected chi connectivity index (χ2v) is 3.53. The van der Waals surface area contributed by atoms with Crippen LogP contribution in [0.4, 0.5) is 0 Å². The molecule has 0 saturated carbocycles. The van der Waals surface area contributed by atoms with Crippen molar-refractivity contribution in [1.29, 1.82) is 0 Å². The fourth-order valence-electron chi connectivity index (χ4n) is 1.32. The van der Waals surface area contributed by atoms with Crippen LogP contribution in [0.1, 0.15) is 36.5 Å². The van der Waals surface area contributed by atoms with Gasteiger partial charge in [-0.25, -0.2) is 0 Å². The standard InChI is InChI=1S/C11H18N2O/c1-3-4-5-7-12-11(14)10-6-8-13(2)9-10/h6,8-9H,3-5,7H2,1-2H3,(H,12,14). The van der Waals surface area contributed by atoms with Crippen molar-refractivity contribution in [2.24, 2.45) is 7.05 Å². The highest BCUT2D eigenvalue weighted by atomic mass is 16.1. The molecule has 1 aromatic heterocycles. The van der Waals surface area contributed by atoms with Gasteiger partial charge in [-0.15, -0.1) is 0 Å². The zero-order valence-corrected chi connectivity index (χ0v) is 8.92. The molecule has 0 fully saturated rings. The maximum Gasteiger partial charge on any atom is 0.252 e. The molecule has 14 heavy (non-hydrogen) atoms. The average Bonchev–Trinajstić information content (AvgIpc) is 2.59. The van der Waals surface area contributed by atoms with Gasteiger partial charge in [-0.05, 0) is 12.5 Å². The Balaban J connectivity index is 2.29. The number of hydrogen-bond acceptors (Lipinski definition) is 1. The molecular weight excluding hydrogens is 176 g/mol. The molecule has 0 aliphatic heterocycles. The van der Waals surface area contributed by atoms with Gasteiger partial charge in [-0.1, -0.05) is 19.8 Å². The largest absolute Gasteiger partial charge is 0.356 e. The molecule has 1 N–H and O–H groups in total. The van der Waals surface area contributed by atoms with Gasteiger partial charge in [-0.2, -0.15) is 0 Å². The van der Waals surface area contributed by atoms with E-state index >= 15 is 0 Å². The summed E-state index contributed by atoms with van der Waals surface area (Å²) in [6.07, 6.45) is 7.13. The number of unbranched alkanes of at least 4 members (excludes halogenated alkanes) is 2. The third-order valence-electron chi connectivity index (χ3n) is 2.16. The van der Waals surface area contributed by atoms with Crippen LogP contribution in [-0.4, -0.2) is 17.0 Å². The number of nitrogens with zero attached hydrogens (tertiary/aromatic N) is 1. The molecule has 78 valence electrons. The van der Waals surface area contributed by atoms with E-state index in [1.807, 2.05) is 30.1 Å². The minimum atomic E-state index is 0.0294. The van der Waals surface area contributed by atoms with E-state index in [1.165, 1.54) is 12.8 Å². The number of amides is 1. The Kier molecular flexibility index (Phi) is 4.23. The van der Waals surface area contributed by atoms with E-state index < -0.39 is 0 Å². The number of aryl methyl sites for hydroxylation is 1. The summed E-state index contributed by atoms with van der Waals surface area (Å²) in [4.78, 5) is 11.5. The number of carbonyl (C=O) groups is 1. The lowest BCUT2D eigenvalue weighted by molar-refractivity contribution is 0.0953. The van der Waals surface area contributed by atoms with Gasteiger partial charge in [0.1, 0.15) is 0 Å². The van der Waals surface area contributed by atoms with Crippen LogP contribution in [0, 0.1) is 0 Å². The van der Waals surface area contributed by atoms with Gasteiger partial charge >= 0.3 is 0 Å². The monoisotopic (exact) mass is 194 g/mol. The predicted molar refractivity (Wildman–Crippen MR) is 57.3 cm³/mol. The Hall–Kier alpha value is -1.25. The van der Waals surface area contributed by atoms with Crippen molar-refractivity contribution in [3.63, 3.8) is 0 Å². The van der Waals surface area contributed by atoms with Crippen LogP contribution in [-0.2, 0) is 7.05 Å². The third-order valence-corrected chi connectivity index (χ3v) is 2.16. The summed E-state index contributed by atoms with van der Waals surface area (Å²) < 4.78 is 1.88. The lowest BCUT2D eigenvalue weighted by atomic mass is 10.2. The van der Waals surface area contributed by atoms with Gasteiger partial charge in [0.25, 0.3) is 5.91 Å². The quantitative estimate of drug-likeness (QED) is 0.714. The SMILES string of the molecule is CCCCCNC(=O)c1ccn(C)c1. The molecule has 1 heterocycles. The molecule has 0 saturated heterocycles. The predicted octanol–water partition coefficient (Wildman–Crippen LogP) is 1.95. The molecule has 1 amide bonds. The highest BCUT2D eigenvalue weighted by Gasteiger charge is 2.04. The lowest BCUT2D eigenvalue weighted by Gasteiger charge is -2.02. The Morgan fingerprint density at radius 1 is 1.50 bits per heavy atom. The fraction of sp³-hybridized carbons (Fsp3) is 0.545. The second kappa shape index (κ2) is 5.47. The van der Waals surface area contributed by atoms with E-state index in [1.54, 1.807) is 0 Å². The normalized spacial score (nSPS) is 10.1. The van der Waals surface area contributed by atoms with Crippen LogP contribution in [0.5, 0.6) is 0 Å². The molecule has 1 rings (SSSR count). The van der Waals surface area contributed by atoms with Crippen LogP contribution in [0.3, 0.4) is 0 Å². The van der Waals surface area contributed by atoms with Gasteiger partial charge in [0, 0.05) is 26.0 Å². The summed E-state index contributed by atoms with van der Waals surface area (Å²) in [5.74, 6) is 0.0294. The molecule has 0 aliphatic carbocycles. The van der Waals surface area contributed by atoms with Gasteiger partial charge in [-0.3, -0.25) is 4.79 Å². The second-order valence-electron chi connectivity index (χ2n) is 3.53. The molecule has 1 aromatic rings. The zero-order valence-electron chi connectivity index (χ0n) is 8.92. The number of carbonyl (C=O) groups excluding carboxylic acids is 1. The van der Waals surface area contributed by atoms with Gasteiger partial charge in [0.05, 0.1) is 5.56 Å². The molecule has 0 radical (unpaired) electrons. The maximum absolute atomic E-state index is 11.5. The summed E-state index contributed by atoms with van der Waals surface area (Å²) in [5.41, 5.74) is 0.740. The molecular formula is C11H18N2O. The zero-order chi connectivity index (χ0) is 10.4. The summed E-state index contributed by atoms with van der Waals surface area (Å²) >= 11 is 0. The van der Waals surface area contributed by atoms with Crippen molar-refractivity contribution in [3.05, 3.63) is 24.0 Å². The van der Waals surface area contributed by atoms with E-state index in [4.69, 9.17) is 0 Å². The van der Waals surface area contributed by atoms with Crippen molar-refractivity contribution < 1.29 is 4.79 Å². The van der Waals surface area contributed by atoms with E-state index in [0.717, 1.165) is 18.5 Å². The molecule has 3 nitrogen and oxygen atoms in total. The first-order valence-corrected chi connectivity index (χ1v) is 5.14. The number of nitrogens with one attached hydrogen (secondary N) is 1. The average molecular weight is 194 g/mol. The summed E-state index contributed by atoms with van der Waals surface area (Å²) in [7, 11) is 1.91. The van der Waals surface area contributed by atoms with Gasteiger partial charge in [0.15, 0.2) is 0 Å². The van der Waals surface area contributed by atoms with Gasteiger partial charge in [0.2, 0.25) is 0 Å². The summed E-state index contributed by atoms with van der Waals surface area (Å²) in [6, 6.07) is 1.83. The number of rotatable bonds is 5. The van der Waals surface area contributed by atoms with Crippen LogP contribution in [0.25, 0.3) is 0 Å². The van der Waals surface area contributed by atoms with Gasteiger partial charge < -0.3 is 9.88 Å². The first-order chi connectivity index (χ1) is 6.74. The molecule has 0 bridgehead atoms. The minimum absolute atomic E-state index is 0.0294. The van der Waals surface area contributed by atoms with Crippen molar-refractivity contribution in [2.45, 2.75) is 26.2 Å². The van der Waals surface area contributed by atoms with E-state index in [-0.39, 0.29) is 5.91 Å². The van der Waals surface area contributed by atoms with Crippen molar-refractivity contribution in [1.82, 2.24) is 9.88 Å². The van der Waals surface area contributed by atoms with Crippen molar-refractivity contribution >= 4 is 5.91 Å². The Labute approximate surface area is 85.1 Å². The molecule has 0 unspecified atom stereocenters. The van der Waals surface area contributed by atoms with Crippen molar-refractivity contribution in [2.75, 3.05) is 6.54 Å². The Bertz CT molecular complexity index is 291. The Morgan fingerprint density at radius 3 is 2.86 bits per heavy atom. The van der Waals surface area contributed by atoms with E-state index in [9.17, 15) is 4.79 Å². The first-order valence-electron chi connectivity index (χ1n) is 5.14. The molecule has 0 spiro atoms. The van der Waals surface area contributed by atoms with Crippen LogP contribution in [0.15, 0.2) is 18.5 Å². The van der Waals surface area contributed by atoms with Crippen LogP contribution in [0.2, 0.25) is 0 Å². The third kappa shape index (κ3) is 3.24. The highest BCUT2D eigenvalue weighted by molar-refractivity contribution is 5.93. The number of aromatic nitrogens is 1. The first kappa shape index (κ1) is 10.8. The summed E-state index contributed by atoms with van der Waals surface area (Å²) in [6.45, 7) is 2.93. The fourth-order valence-corrected chi connectivity index (χ4v) is 1.32. The molecule has 0 aromatic carbocycles.